The van der Waals surface area contributed by atoms with E-state index in [1.54, 1.807) is 0 Å². The number of hydrogen-bond donors (Lipinski definition) is 2. The van der Waals surface area contributed by atoms with Crippen molar-refractivity contribution in [3.05, 3.63) is 5.82 Å². The second kappa shape index (κ2) is 3.26. The van der Waals surface area contributed by atoms with Crippen LogP contribution in [-0.2, 0) is 11.4 Å². The van der Waals surface area contributed by atoms with Crippen LogP contribution in [0.4, 0.5) is 0 Å². The standard InChI is InChI=1S/C5H8N4O3/c1-3(5(11)12)9-7-4(2-10)6-8-9/h3,10H,2H2,1H3,(H,11,12). The average Bonchev–Trinajstić information content (AvgIpc) is 2.50. The van der Waals surface area contributed by atoms with E-state index in [1.165, 1.54) is 6.92 Å². The number of rotatable bonds is 3. The van der Waals surface area contributed by atoms with Crippen molar-refractivity contribution < 1.29 is 15.0 Å². The zero-order chi connectivity index (χ0) is 9.14. The minimum absolute atomic E-state index is 0.114. The lowest BCUT2D eigenvalue weighted by atomic mass is 10.4. The van der Waals surface area contributed by atoms with E-state index in [-0.39, 0.29) is 12.4 Å². The van der Waals surface area contributed by atoms with Gasteiger partial charge in [0.1, 0.15) is 6.61 Å². The second-order valence-electron chi connectivity index (χ2n) is 2.20. The van der Waals surface area contributed by atoms with Gasteiger partial charge in [-0.05, 0) is 12.1 Å². The maximum absolute atomic E-state index is 10.4. The maximum Gasteiger partial charge on any atom is 0.330 e. The van der Waals surface area contributed by atoms with Crippen LogP contribution in [0, 0.1) is 0 Å². The van der Waals surface area contributed by atoms with Crippen LogP contribution in [-0.4, -0.2) is 36.4 Å². The molecule has 2 N–H and O–H groups in total. The lowest BCUT2D eigenvalue weighted by molar-refractivity contribution is -0.141. The van der Waals surface area contributed by atoms with E-state index in [2.05, 4.69) is 15.4 Å². The third-order valence-corrected chi connectivity index (χ3v) is 1.31. The van der Waals surface area contributed by atoms with Crippen LogP contribution in [0.25, 0.3) is 0 Å². The Bertz CT molecular complexity index is 284. The fourth-order valence-electron chi connectivity index (χ4n) is 0.582. The van der Waals surface area contributed by atoms with Crippen molar-refractivity contribution in [2.45, 2.75) is 19.6 Å². The Morgan fingerprint density at radius 3 is 2.83 bits per heavy atom. The highest BCUT2D eigenvalue weighted by molar-refractivity contribution is 5.70. The number of aliphatic hydroxyl groups excluding tert-OH is 1. The molecule has 1 aromatic heterocycles. The third-order valence-electron chi connectivity index (χ3n) is 1.31. The zero-order valence-electron chi connectivity index (χ0n) is 6.38. The molecule has 12 heavy (non-hydrogen) atoms. The summed E-state index contributed by atoms with van der Waals surface area (Å²) in [4.78, 5) is 11.3. The number of aliphatic hydroxyl groups is 1. The molecule has 0 fully saturated rings. The molecule has 1 rings (SSSR count). The smallest absolute Gasteiger partial charge is 0.330 e. The first-order chi connectivity index (χ1) is 5.65. The highest BCUT2D eigenvalue weighted by Gasteiger charge is 2.15. The van der Waals surface area contributed by atoms with Crippen LogP contribution in [0.5, 0.6) is 0 Å². The van der Waals surface area contributed by atoms with Crippen LogP contribution >= 0.6 is 0 Å². The van der Waals surface area contributed by atoms with Gasteiger partial charge in [-0.1, -0.05) is 0 Å². The Morgan fingerprint density at radius 2 is 2.42 bits per heavy atom. The average molecular weight is 172 g/mol. The fraction of sp³-hybridized carbons (Fsp3) is 0.600. The summed E-state index contributed by atoms with van der Waals surface area (Å²) in [5.41, 5.74) is 0. The van der Waals surface area contributed by atoms with Gasteiger partial charge < -0.3 is 10.2 Å². The Labute approximate surface area is 67.6 Å². The molecule has 0 saturated carbocycles. The summed E-state index contributed by atoms with van der Waals surface area (Å²) in [6.07, 6.45) is 0. The first-order valence-corrected chi connectivity index (χ1v) is 3.27. The molecular formula is C5H8N4O3. The normalized spacial score (nSPS) is 12.8. The molecule has 0 radical (unpaired) electrons. The van der Waals surface area contributed by atoms with Gasteiger partial charge in [-0.3, -0.25) is 0 Å². The summed E-state index contributed by atoms with van der Waals surface area (Å²) in [6, 6.07) is -0.863. The molecule has 7 heteroatoms. The van der Waals surface area contributed by atoms with Gasteiger partial charge in [0, 0.05) is 0 Å². The predicted octanol–water partition coefficient (Wildman–Crippen LogP) is -1.19. The van der Waals surface area contributed by atoms with Gasteiger partial charge in [0.25, 0.3) is 0 Å². The molecule has 0 aliphatic carbocycles. The minimum Gasteiger partial charge on any atom is -0.480 e. The largest absolute Gasteiger partial charge is 0.480 e. The van der Waals surface area contributed by atoms with E-state index in [0.717, 1.165) is 4.80 Å². The van der Waals surface area contributed by atoms with E-state index in [9.17, 15) is 4.79 Å². The van der Waals surface area contributed by atoms with Gasteiger partial charge in [0.15, 0.2) is 11.9 Å². The molecule has 0 spiro atoms. The van der Waals surface area contributed by atoms with Gasteiger partial charge in [0.2, 0.25) is 0 Å². The van der Waals surface area contributed by atoms with E-state index in [1.807, 2.05) is 0 Å². The molecule has 1 heterocycles. The van der Waals surface area contributed by atoms with E-state index in [4.69, 9.17) is 10.2 Å². The number of carboxylic acid groups (broad SMARTS) is 1. The molecule has 0 aliphatic heterocycles. The molecule has 0 amide bonds. The van der Waals surface area contributed by atoms with Gasteiger partial charge in [-0.25, -0.2) is 4.79 Å². The summed E-state index contributed by atoms with van der Waals surface area (Å²) in [7, 11) is 0. The molecule has 0 bridgehead atoms. The lowest BCUT2D eigenvalue weighted by Gasteiger charge is -2.01. The summed E-state index contributed by atoms with van der Waals surface area (Å²) < 4.78 is 0. The van der Waals surface area contributed by atoms with Crippen LogP contribution in [0.15, 0.2) is 0 Å². The molecule has 0 aliphatic rings. The number of tetrazole rings is 1. The highest BCUT2D eigenvalue weighted by atomic mass is 16.4. The van der Waals surface area contributed by atoms with Gasteiger partial charge >= 0.3 is 5.97 Å². The molecular weight excluding hydrogens is 164 g/mol. The number of carbonyl (C=O) groups is 1. The molecule has 1 unspecified atom stereocenters. The van der Waals surface area contributed by atoms with Crippen molar-refractivity contribution in [2.24, 2.45) is 0 Å². The van der Waals surface area contributed by atoms with Crippen molar-refractivity contribution in [3.63, 3.8) is 0 Å². The van der Waals surface area contributed by atoms with E-state index >= 15 is 0 Å². The molecule has 66 valence electrons. The Morgan fingerprint density at radius 1 is 1.75 bits per heavy atom. The molecule has 0 aromatic carbocycles. The van der Waals surface area contributed by atoms with Crippen molar-refractivity contribution in [1.29, 1.82) is 0 Å². The molecule has 0 saturated heterocycles. The zero-order valence-corrected chi connectivity index (χ0v) is 6.38. The number of aliphatic carboxylic acids is 1. The first-order valence-electron chi connectivity index (χ1n) is 3.27. The van der Waals surface area contributed by atoms with Gasteiger partial charge in [-0.15, -0.1) is 15.0 Å². The van der Waals surface area contributed by atoms with E-state index < -0.39 is 12.0 Å². The van der Waals surface area contributed by atoms with Crippen LogP contribution < -0.4 is 0 Å². The predicted molar refractivity (Wildman–Crippen MR) is 36.1 cm³/mol. The van der Waals surface area contributed by atoms with Gasteiger partial charge in [-0.2, -0.15) is 0 Å². The van der Waals surface area contributed by atoms with Crippen molar-refractivity contribution >= 4 is 5.97 Å². The Kier molecular flexibility index (Phi) is 2.34. The second-order valence-corrected chi connectivity index (χ2v) is 2.20. The fourth-order valence-corrected chi connectivity index (χ4v) is 0.582. The number of nitrogens with zero attached hydrogens (tertiary/aromatic N) is 4. The quantitative estimate of drug-likeness (QED) is 0.594. The van der Waals surface area contributed by atoms with E-state index in [0.29, 0.717) is 0 Å². The maximum atomic E-state index is 10.4. The summed E-state index contributed by atoms with van der Waals surface area (Å²) in [5, 5.41) is 27.5. The number of hydrogen-bond acceptors (Lipinski definition) is 5. The highest BCUT2D eigenvalue weighted by Crippen LogP contribution is 2.00. The summed E-state index contributed by atoms with van der Waals surface area (Å²) in [6.45, 7) is 1.08. The van der Waals surface area contributed by atoms with Crippen LogP contribution in [0.1, 0.15) is 18.8 Å². The number of carboxylic acids is 1. The van der Waals surface area contributed by atoms with Crippen LogP contribution in [0.2, 0.25) is 0 Å². The minimum atomic E-state index is -1.04. The Hall–Kier alpha value is -1.50. The molecule has 7 nitrogen and oxygen atoms in total. The summed E-state index contributed by atoms with van der Waals surface area (Å²) >= 11 is 0. The number of aromatic nitrogens is 4. The SMILES string of the molecule is CC(C(=O)O)n1nnc(CO)n1. The Balaban J connectivity index is 2.81. The molecule has 1 aromatic rings. The van der Waals surface area contributed by atoms with Gasteiger partial charge in [0.05, 0.1) is 0 Å². The van der Waals surface area contributed by atoms with Crippen molar-refractivity contribution in [2.75, 3.05) is 0 Å². The lowest BCUT2D eigenvalue weighted by Crippen LogP contribution is -2.18. The third kappa shape index (κ3) is 1.56. The topological polar surface area (TPSA) is 101 Å². The van der Waals surface area contributed by atoms with Crippen molar-refractivity contribution in [1.82, 2.24) is 20.2 Å². The monoisotopic (exact) mass is 172 g/mol. The summed E-state index contributed by atoms with van der Waals surface area (Å²) in [5.74, 6) is -0.931. The first kappa shape index (κ1) is 8.60. The van der Waals surface area contributed by atoms with Crippen molar-refractivity contribution in [3.8, 4) is 0 Å². The van der Waals surface area contributed by atoms with Crippen LogP contribution in [0.3, 0.4) is 0 Å². The molecule has 1 atom stereocenters.